The summed E-state index contributed by atoms with van der Waals surface area (Å²) in [6.45, 7) is 11.0. The molecule has 0 saturated heterocycles. The molecular weight excluding hydrogens is 268 g/mol. The van der Waals surface area contributed by atoms with Gasteiger partial charge in [0.05, 0.1) is 0 Å². The molecule has 0 bridgehead atoms. The molecule has 0 amide bonds. The number of nitrogens with zero attached hydrogens (tertiary/aromatic N) is 3. The van der Waals surface area contributed by atoms with Gasteiger partial charge in [0.25, 0.3) is 11.0 Å². The molecule has 6 N–H and O–H groups in total. The maximum absolute atomic E-state index is 8.36. The largest absolute Gasteiger partial charge is 0.328 e. The van der Waals surface area contributed by atoms with Gasteiger partial charge in [0.2, 0.25) is 0 Å². The van der Waals surface area contributed by atoms with Gasteiger partial charge in [-0.2, -0.15) is 0 Å². The summed E-state index contributed by atoms with van der Waals surface area (Å²) in [6, 6.07) is 0. The first-order chi connectivity index (χ1) is 9.44. The van der Waals surface area contributed by atoms with Crippen molar-refractivity contribution in [1.29, 1.82) is 5.41 Å². The van der Waals surface area contributed by atoms with Crippen LogP contribution in [-0.4, -0.2) is 52.7 Å². The zero-order valence-electron chi connectivity index (χ0n) is 12.4. The molecule has 0 rings (SSSR count). The van der Waals surface area contributed by atoms with Gasteiger partial charge in [0.15, 0.2) is 0 Å². The van der Waals surface area contributed by atoms with E-state index in [0.29, 0.717) is 0 Å². The van der Waals surface area contributed by atoms with E-state index in [1.807, 2.05) is 27.7 Å². The molecule has 0 atom stereocenters. The fraction of sp³-hybridized carbons (Fsp3) is 0.889. The van der Waals surface area contributed by atoms with Gasteiger partial charge in [-0.25, -0.2) is 31.9 Å². The monoisotopic (exact) mass is 294 g/mol. The summed E-state index contributed by atoms with van der Waals surface area (Å²) in [4.78, 5) is 8.36. The van der Waals surface area contributed by atoms with Crippen molar-refractivity contribution in [3.63, 3.8) is 0 Å². The normalized spacial score (nSPS) is 9.40. The Morgan fingerprint density at radius 3 is 1.35 bits per heavy atom. The van der Waals surface area contributed by atoms with Crippen molar-refractivity contribution < 1.29 is 10.3 Å². The predicted octanol–water partition coefficient (Wildman–Crippen LogP) is -0.725. The van der Waals surface area contributed by atoms with Gasteiger partial charge in [-0.1, -0.05) is 27.7 Å². The molecule has 0 radical (unpaired) electrons. The summed E-state index contributed by atoms with van der Waals surface area (Å²) in [7, 11) is 0. The van der Waals surface area contributed by atoms with Crippen LogP contribution in [0.5, 0.6) is 0 Å². The average molecular weight is 294 g/mol. The topological polar surface area (TPSA) is 142 Å². The third-order valence-corrected chi connectivity index (χ3v) is 1.69. The van der Waals surface area contributed by atoms with Crippen LogP contribution in [-0.2, 0) is 0 Å². The van der Waals surface area contributed by atoms with Crippen molar-refractivity contribution in [3.8, 4) is 0 Å². The molecule has 0 saturated carbocycles. The van der Waals surface area contributed by atoms with Gasteiger partial charge < -0.3 is 5.21 Å². The molecule has 0 spiro atoms. The average Bonchev–Trinajstić information content (AvgIpc) is 2.37. The van der Waals surface area contributed by atoms with Crippen LogP contribution in [0.4, 0.5) is 0 Å². The summed E-state index contributed by atoms with van der Waals surface area (Å²) in [6.07, 6.45) is 0. The Balaban J connectivity index is 0. The second-order valence-corrected chi connectivity index (χ2v) is 3.28. The number of hydrogen-bond acceptors (Lipinski definition) is 7. The highest BCUT2D eigenvalue weighted by molar-refractivity contribution is 5.74. The highest BCUT2D eigenvalue weighted by atomic mass is 16.9. The molecule has 0 aromatic heterocycles. The van der Waals surface area contributed by atoms with Gasteiger partial charge in [-0.05, 0) is 0 Å². The lowest BCUT2D eigenvalue weighted by molar-refractivity contribution is -0.742. The van der Waals surface area contributed by atoms with Crippen LogP contribution >= 0.6 is 0 Å². The molecule has 0 heterocycles. The highest BCUT2D eigenvalue weighted by Crippen LogP contribution is 1.85. The Bertz CT molecular complexity index is 232. The van der Waals surface area contributed by atoms with E-state index >= 15 is 0 Å². The molecule has 0 unspecified atom stereocenters. The SMILES string of the molecule is CCNN(NCC)C(=N)N(NCC)NCC.O=[N+]([O-])O. The van der Waals surface area contributed by atoms with Gasteiger partial charge >= 0.3 is 0 Å². The molecule has 0 aliphatic heterocycles. The number of hydrogen-bond donors (Lipinski definition) is 6. The molecular formula is C9H26N8O3. The van der Waals surface area contributed by atoms with Crippen molar-refractivity contribution in [2.75, 3.05) is 26.2 Å². The zero-order chi connectivity index (χ0) is 16.0. The first-order valence-corrected chi connectivity index (χ1v) is 6.40. The van der Waals surface area contributed by atoms with Gasteiger partial charge in [-0.15, -0.1) is 10.1 Å². The lowest BCUT2D eigenvalue weighted by atomic mass is 10.7. The zero-order valence-corrected chi connectivity index (χ0v) is 12.4. The minimum atomic E-state index is -1.50. The molecule has 0 fully saturated rings. The van der Waals surface area contributed by atoms with Gasteiger partial charge in [0, 0.05) is 26.2 Å². The van der Waals surface area contributed by atoms with Crippen molar-refractivity contribution in [3.05, 3.63) is 10.1 Å². The van der Waals surface area contributed by atoms with Crippen molar-refractivity contribution in [2.45, 2.75) is 27.7 Å². The standard InChI is InChI=1S/C9H25N7.HNO3/c1-5-11-15(12-6-2)9(10)16(13-7-3)14-8-4;2-1(3)4/h10-14H,5-8H2,1-4H3;(H,2,3,4). The van der Waals surface area contributed by atoms with Crippen LogP contribution in [0.25, 0.3) is 0 Å². The summed E-state index contributed by atoms with van der Waals surface area (Å²) in [5.74, 6) is 0.285. The number of hydrazine groups is 4. The number of nitrogens with one attached hydrogen (secondary N) is 5. The third-order valence-electron chi connectivity index (χ3n) is 1.69. The predicted molar refractivity (Wildman–Crippen MR) is 74.9 cm³/mol. The second kappa shape index (κ2) is 13.7. The minimum absolute atomic E-state index is 0.285. The van der Waals surface area contributed by atoms with Crippen LogP contribution < -0.4 is 21.7 Å². The minimum Gasteiger partial charge on any atom is -0.328 e. The van der Waals surface area contributed by atoms with E-state index in [1.165, 1.54) is 0 Å². The van der Waals surface area contributed by atoms with Crippen molar-refractivity contribution in [1.82, 2.24) is 31.9 Å². The molecule has 0 aromatic rings. The lowest BCUT2D eigenvalue weighted by Gasteiger charge is -2.32. The Kier molecular flexibility index (Phi) is 14.2. The Morgan fingerprint density at radius 1 is 1.00 bits per heavy atom. The fourth-order valence-electron chi connectivity index (χ4n) is 1.14. The van der Waals surface area contributed by atoms with E-state index in [1.54, 1.807) is 10.2 Å². The quantitative estimate of drug-likeness (QED) is 0.148. The smallest absolute Gasteiger partial charge is 0.291 e. The van der Waals surface area contributed by atoms with Gasteiger partial charge in [0.1, 0.15) is 0 Å². The van der Waals surface area contributed by atoms with Crippen LogP contribution in [0.2, 0.25) is 0 Å². The summed E-state index contributed by atoms with van der Waals surface area (Å²) < 4.78 is 0. The first-order valence-electron chi connectivity index (χ1n) is 6.40. The molecule has 0 aliphatic carbocycles. The number of guanidine groups is 1. The van der Waals surface area contributed by atoms with E-state index in [0.717, 1.165) is 26.2 Å². The molecule has 11 heteroatoms. The van der Waals surface area contributed by atoms with Crippen LogP contribution in [0, 0.1) is 15.5 Å². The van der Waals surface area contributed by atoms with E-state index < -0.39 is 5.09 Å². The molecule has 20 heavy (non-hydrogen) atoms. The van der Waals surface area contributed by atoms with Crippen molar-refractivity contribution >= 4 is 5.96 Å². The summed E-state index contributed by atoms with van der Waals surface area (Å²) in [5, 5.41) is 24.8. The lowest BCUT2D eigenvalue weighted by Crippen LogP contribution is -2.63. The van der Waals surface area contributed by atoms with Crippen LogP contribution in [0.15, 0.2) is 0 Å². The molecule has 120 valence electrons. The first kappa shape index (κ1) is 20.6. The third kappa shape index (κ3) is 11.4. The van der Waals surface area contributed by atoms with Crippen LogP contribution in [0.3, 0.4) is 0 Å². The number of rotatable bonds is 8. The Labute approximate surface area is 118 Å². The Morgan fingerprint density at radius 2 is 1.20 bits per heavy atom. The second-order valence-electron chi connectivity index (χ2n) is 3.28. The molecule has 11 nitrogen and oxygen atoms in total. The van der Waals surface area contributed by atoms with E-state index in [-0.39, 0.29) is 5.96 Å². The van der Waals surface area contributed by atoms with E-state index in [4.69, 9.17) is 20.7 Å². The van der Waals surface area contributed by atoms with E-state index in [2.05, 4.69) is 21.7 Å². The molecule has 0 aromatic carbocycles. The fourth-order valence-corrected chi connectivity index (χ4v) is 1.14. The maximum atomic E-state index is 8.36. The Hall–Kier alpha value is -1.69. The van der Waals surface area contributed by atoms with Crippen LogP contribution in [0.1, 0.15) is 27.7 Å². The van der Waals surface area contributed by atoms with Gasteiger partial charge in [-0.3, -0.25) is 5.41 Å². The van der Waals surface area contributed by atoms with E-state index in [9.17, 15) is 0 Å². The molecule has 0 aliphatic rings. The maximum Gasteiger partial charge on any atom is 0.291 e. The summed E-state index contributed by atoms with van der Waals surface area (Å²) in [5.41, 5.74) is 12.2. The highest BCUT2D eigenvalue weighted by Gasteiger charge is 2.14. The van der Waals surface area contributed by atoms with Crippen molar-refractivity contribution in [2.24, 2.45) is 0 Å². The summed E-state index contributed by atoms with van der Waals surface area (Å²) >= 11 is 0.